The van der Waals surface area contributed by atoms with Crippen LogP contribution in [0, 0.1) is 0 Å². The molecule has 0 radical (unpaired) electrons. The number of amides is 2. The van der Waals surface area contributed by atoms with E-state index in [4.69, 9.17) is 0 Å². The Hall–Kier alpha value is -3.23. The maximum Gasteiger partial charge on any atom is 0.243 e. The second-order valence-corrected chi connectivity index (χ2v) is 11.1. The minimum Gasteiger partial charge on any atom is -0.352 e. The van der Waals surface area contributed by atoms with Crippen molar-refractivity contribution in [1.82, 2.24) is 14.5 Å². The number of carbonyl (C=O) groups is 2. The van der Waals surface area contributed by atoms with Crippen molar-refractivity contribution < 1.29 is 18.0 Å². The van der Waals surface area contributed by atoms with Gasteiger partial charge in [-0.1, -0.05) is 74.5 Å². The Morgan fingerprint density at radius 3 is 2.17 bits per heavy atom. The molecule has 192 valence electrons. The maximum absolute atomic E-state index is 13.5. The van der Waals surface area contributed by atoms with E-state index < -0.39 is 22.0 Å². The number of carbonyl (C=O) groups excluding carboxylic acids is 2. The molecule has 1 N–H and O–H groups in total. The van der Waals surface area contributed by atoms with Gasteiger partial charge in [0.05, 0.1) is 11.4 Å². The largest absolute Gasteiger partial charge is 0.352 e. The van der Waals surface area contributed by atoms with E-state index in [-0.39, 0.29) is 29.9 Å². The van der Waals surface area contributed by atoms with E-state index in [1.54, 1.807) is 18.2 Å². The van der Waals surface area contributed by atoms with Crippen LogP contribution in [-0.4, -0.2) is 55.1 Å². The molecule has 0 bridgehead atoms. The molecule has 2 atom stereocenters. The molecule has 7 nitrogen and oxygen atoms in total. The second kappa shape index (κ2) is 12.1. The number of sulfonamides is 1. The quantitative estimate of drug-likeness (QED) is 0.420. The van der Waals surface area contributed by atoms with Gasteiger partial charge in [-0.05, 0) is 48.2 Å². The molecule has 0 spiro atoms. The first kappa shape index (κ1) is 27.4. The zero-order valence-electron chi connectivity index (χ0n) is 21.3. The molecular formula is C28H35N3O4S. The van der Waals surface area contributed by atoms with Gasteiger partial charge in [-0.15, -0.1) is 0 Å². The van der Waals surface area contributed by atoms with Gasteiger partial charge in [0, 0.05) is 19.6 Å². The third kappa shape index (κ3) is 6.50. The summed E-state index contributed by atoms with van der Waals surface area (Å²) in [5.41, 5.74) is 0.862. The molecule has 3 aromatic rings. The van der Waals surface area contributed by atoms with Gasteiger partial charge in [0.1, 0.15) is 6.04 Å². The van der Waals surface area contributed by atoms with Crippen molar-refractivity contribution in [3.8, 4) is 0 Å². The Labute approximate surface area is 214 Å². The predicted octanol–water partition coefficient (Wildman–Crippen LogP) is 4.18. The normalized spacial score (nSPS) is 13.4. The Bertz CT molecular complexity index is 1290. The monoisotopic (exact) mass is 509 g/mol. The van der Waals surface area contributed by atoms with E-state index in [0.717, 1.165) is 27.1 Å². The minimum atomic E-state index is -3.92. The van der Waals surface area contributed by atoms with Crippen LogP contribution in [0.25, 0.3) is 10.8 Å². The Balaban J connectivity index is 1.86. The molecule has 0 aromatic heterocycles. The number of nitrogens with one attached hydrogen (secondary N) is 1. The van der Waals surface area contributed by atoms with Crippen molar-refractivity contribution in [2.75, 3.05) is 13.6 Å². The van der Waals surface area contributed by atoms with Crippen LogP contribution in [-0.2, 0) is 26.2 Å². The fourth-order valence-corrected chi connectivity index (χ4v) is 5.17. The van der Waals surface area contributed by atoms with Crippen LogP contribution in [0.1, 0.15) is 39.2 Å². The predicted molar refractivity (Wildman–Crippen MR) is 143 cm³/mol. The molecule has 0 heterocycles. The third-order valence-corrected chi connectivity index (χ3v) is 8.17. The lowest BCUT2D eigenvalue weighted by Crippen LogP contribution is -2.53. The zero-order chi connectivity index (χ0) is 26.3. The summed E-state index contributed by atoms with van der Waals surface area (Å²) in [4.78, 5) is 28.2. The van der Waals surface area contributed by atoms with Crippen LogP contribution < -0.4 is 5.32 Å². The fourth-order valence-electron chi connectivity index (χ4n) is 4.01. The summed E-state index contributed by atoms with van der Waals surface area (Å²) >= 11 is 0. The maximum atomic E-state index is 13.5. The van der Waals surface area contributed by atoms with E-state index >= 15 is 0 Å². The number of likely N-dealkylation sites (N-methyl/N-ethyl adjacent to an activating group) is 1. The molecule has 36 heavy (non-hydrogen) atoms. The number of hydrogen-bond donors (Lipinski definition) is 1. The van der Waals surface area contributed by atoms with Gasteiger partial charge in [0.25, 0.3) is 0 Å². The van der Waals surface area contributed by atoms with Gasteiger partial charge in [-0.3, -0.25) is 9.59 Å². The molecule has 0 aliphatic heterocycles. The Morgan fingerprint density at radius 1 is 0.889 bits per heavy atom. The lowest BCUT2D eigenvalue weighted by molar-refractivity contribution is -0.141. The molecular weight excluding hydrogens is 474 g/mol. The summed E-state index contributed by atoms with van der Waals surface area (Å²) in [6, 6.07) is 21.1. The first-order chi connectivity index (χ1) is 17.2. The van der Waals surface area contributed by atoms with Crippen molar-refractivity contribution in [1.29, 1.82) is 0 Å². The van der Waals surface area contributed by atoms with Gasteiger partial charge in [-0.25, -0.2) is 8.42 Å². The second-order valence-electron chi connectivity index (χ2n) is 9.02. The molecule has 0 fully saturated rings. The van der Waals surface area contributed by atoms with Gasteiger partial charge in [0.2, 0.25) is 21.8 Å². The third-order valence-electron chi connectivity index (χ3n) is 6.37. The van der Waals surface area contributed by atoms with Crippen LogP contribution in [0.2, 0.25) is 0 Å². The van der Waals surface area contributed by atoms with Crippen molar-refractivity contribution in [2.24, 2.45) is 0 Å². The average molecular weight is 510 g/mol. The summed E-state index contributed by atoms with van der Waals surface area (Å²) < 4.78 is 27.7. The van der Waals surface area contributed by atoms with E-state index in [2.05, 4.69) is 5.32 Å². The van der Waals surface area contributed by atoms with Gasteiger partial charge >= 0.3 is 0 Å². The van der Waals surface area contributed by atoms with Gasteiger partial charge in [-0.2, -0.15) is 4.31 Å². The van der Waals surface area contributed by atoms with Gasteiger partial charge in [0.15, 0.2) is 0 Å². The zero-order valence-corrected chi connectivity index (χ0v) is 22.2. The number of hydrogen-bond acceptors (Lipinski definition) is 4. The van der Waals surface area contributed by atoms with E-state index in [0.29, 0.717) is 6.42 Å². The molecule has 0 saturated carbocycles. The minimum absolute atomic E-state index is 0.0313. The van der Waals surface area contributed by atoms with Crippen LogP contribution in [0.15, 0.2) is 77.7 Å². The molecule has 0 saturated heterocycles. The molecule has 8 heteroatoms. The number of rotatable bonds is 11. The van der Waals surface area contributed by atoms with Crippen LogP contribution in [0.3, 0.4) is 0 Å². The van der Waals surface area contributed by atoms with Crippen LogP contribution >= 0.6 is 0 Å². The van der Waals surface area contributed by atoms with Crippen LogP contribution in [0.5, 0.6) is 0 Å². The Kier molecular flexibility index (Phi) is 9.23. The average Bonchev–Trinajstić information content (AvgIpc) is 2.88. The van der Waals surface area contributed by atoms with Crippen molar-refractivity contribution in [3.63, 3.8) is 0 Å². The number of nitrogens with zero attached hydrogens (tertiary/aromatic N) is 2. The molecule has 3 aromatic carbocycles. The fraction of sp³-hybridized carbons (Fsp3) is 0.357. The first-order valence-electron chi connectivity index (χ1n) is 12.3. The number of benzene rings is 3. The summed E-state index contributed by atoms with van der Waals surface area (Å²) in [6.45, 7) is 5.57. The van der Waals surface area contributed by atoms with Gasteiger partial charge < -0.3 is 10.2 Å². The molecule has 3 rings (SSSR count). The molecule has 0 unspecified atom stereocenters. The van der Waals surface area contributed by atoms with E-state index in [9.17, 15) is 18.0 Å². The lowest BCUT2D eigenvalue weighted by Gasteiger charge is -2.32. The highest BCUT2D eigenvalue weighted by molar-refractivity contribution is 7.89. The smallest absolute Gasteiger partial charge is 0.243 e. The summed E-state index contributed by atoms with van der Waals surface area (Å²) in [5, 5.41) is 4.70. The topological polar surface area (TPSA) is 86.8 Å². The highest BCUT2D eigenvalue weighted by atomic mass is 32.2. The number of fused-ring (bicyclic) bond motifs is 1. The molecule has 0 aliphatic rings. The molecule has 2 amide bonds. The first-order valence-corrected chi connectivity index (χ1v) is 13.7. The van der Waals surface area contributed by atoms with Crippen molar-refractivity contribution >= 4 is 32.6 Å². The molecule has 0 aliphatic carbocycles. The highest BCUT2D eigenvalue weighted by Gasteiger charge is 2.32. The highest BCUT2D eigenvalue weighted by Crippen LogP contribution is 2.22. The Morgan fingerprint density at radius 2 is 1.53 bits per heavy atom. The van der Waals surface area contributed by atoms with Crippen molar-refractivity contribution in [3.05, 3.63) is 78.4 Å². The summed E-state index contributed by atoms with van der Waals surface area (Å²) in [5.74, 6) is -0.673. The van der Waals surface area contributed by atoms with Crippen molar-refractivity contribution in [2.45, 2.75) is 57.1 Å². The van der Waals surface area contributed by atoms with E-state index in [1.165, 1.54) is 11.9 Å². The SMILES string of the molecule is CC[C@H](C(=O)N[C@@H](C)CC)N(Cc1ccccc1)C(=O)CN(C)S(=O)(=O)c1ccc2ccccc2c1. The van der Waals surface area contributed by atoms with Crippen LogP contribution in [0.4, 0.5) is 0 Å². The standard InChI is InChI=1S/C28H35N3O4S/c1-5-21(3)29-28(33)26(6-2)31(19-22-12-8-7-9-13-22)27(32)20-30(4)36(34,35)25-17-16-23-14-10-11-15-24(23)18-25/h7-18,21,26H,5-6,19-20H2,1-4H3,(H,29,33)/t21-,26+/m0/s1. The van der Waals surface area contributed by atoms with E-state index in [1.807, 2.05) is 75.4 Å². The lowest BCUT2D eigenvalue weighted by atomic mass is 10.1. The summed E-state index contributed by atoms with van der Waals surface area (Å²) in [7, 11) is -2.53. The summed E-state index contributed by atoms with van der Waals surface area (Å²) in [6.07, 6.45) is 1.17.